The number of likely N-dealkylation sites (N-methyl/N-ethyl adjacent to an activating group) is 1. The minimum Gasteiger partial charge on any atom is -0.383 e. The number of nitrogens with zero attached hydrogens (tertiary/aromatic N) is 3. The summed E-state index contributed by atoms with van der Waals surface area (Å²) >= 11 is 0. The van der Waals surface area contributed by atoms with Gasteiger partial charge in [-0.25, -0.2) is 9.78 Å². The molecule has 3 rings (SSSR count). The molecule has 1 aromatic heterocycles. The van der Waals surface area contributed by atoms with Crippen LogP contribution >= 0.6 is 0 Å². The number of aromatic amines is 1. The predicted octanol–water partition coefficient (Wildman–Crippen LogP) is 0.833. The molecule has 0 radical (unpaired) electrons. The Bertz CT molecular complexity index is 488. The van der Waals surface area contributed by atoms with Crippen molar-refractivity contribution in [2.75, 3.05) is 40.4 Å². The molecule has 2 atom stereocenters. The number of hydrogen-bond acceptors (Lipinski definition) is 4. The maximum absolute atomic E-state index is 12.5. The maximum Gasteiger partial charge on any atom is 0.317 e. The van der Waals surface area contributed by atoms with Gasteiger partial charge in [-0.15, -0.1) is 0 Å². The minimum absolute atomic E-state index is 0.0126. The Labute approximate surface area is 131 Å². The predicted molar refractivity (Wildman–Crippen MR) is 82.5 cm³/mol. The van der Waals surface area contributed by atoms with Gasteiger partial charge in [0, 0.05) is 39.1 Å². The normalized spacial score (nSPS) is 24.3. The molecule has 1 saturated heterocycles. The highest BCUT2D eigenvalue weighted by molar-refractivity contribution is 5.74. The first kappa shape index (κ1) is 15.3. The molecule has 1 aliphatic heterocycles. The monoisotopic (exact) mass is 307 g/mol. The number of aromatic nitrogens is 2. The van der Waals surface area contributed by atoms with Crippen molar-refractivity contribution in [3.63, 3.8) is 0 Å². The van der Waals surface area contributed by atoms with E-state index in [1.54, 1.807) is 13.3 Å². The molecule has 2 N–H and O–H groups in total. The van der Waals surface area contributed by atoms with Gasteiger partial charge in [0.2, 0.25) is 0 Å². The van der Waals surface area contributed by atoms with E-state index in [0.717, 1.165) is 18.9 Å². The molecule has 0 bridgehead atoms. The third kappa shape index (κ3) is 3.41. The van der Waals surface area contributed by atoms with Crippen molar-refractivity contribution in [1.82, 2.24) is 25.1 Å². The van der Waals surface area contributed by atoms with Crippen molar-refractivity contribution in [3.8, 4) is 0 Å². The first-order chi connectivity index (χ1) is 10.7. The van der Waals surface area contributed by atoms with E-state index < -0.39 is 0 Å². The van der Waals surface area contributed by atoms with Crippen LogP contribution in [0.4, 0.5) is 4.79 Å². The lowest BCUT2D eigenvalue weighted by Crippen LogP contribution is -2.54. The van der Waals surface area contributed by atoms with Crippen LogP contribution in [-0.4, -0.2) is 72.2 Å². The molecule has 2 fully saturated rings. The fourth-order valence-electron chi connectivity index (χ4n) is 3.04. The zero-order valence-corrected chi connectivity index (χ0v) is 13.3. The molecule has 0 unspecified atom stereocenters. The van der Waals surface area contributed by atoms with E-state index in [-0.39, 0.29) is 18.1 Å². The Balaban J connectivity index is 1.60. The molecular formula is C15H25N5O2. The average molecular weight is 307 g/mol. The van der Waals surface area contributed by atoms with Crippen molar-refractivity contribution in [3.05, 3.63) is 18.2 Å². The number of methoxy groups -OCH3 is 1. The summed E-state index contributed by atoms with van der Waals surface area (Å²) in [6.45, 7) is 2.83. The van der Waals surface area contributed by atoms with E-state index in [9.17, 15) is 4.79 Å². The third-order valence-corrected chi connectivity index (χ3v) is 4.62. The number of rotatable bonds is 5. The fraction of sp³-hybridized carbons (Fsp3) is 0.733. The highest BCUT2D eigenvalue weighted by Gasteiger charge is 2.35. The van der Waals surface area contributed by atoms with E-state index in [4.69, 9.17) is 4.74 Å². The Morgan fingerprint density at radius 1 is 1.55 bits per heavy atom. The topological polar surface area (TPSA) is 73.5 Å². The summed E-state index contributed by atoms with van der Waals surface area (Å²) in [6.07, 6.45) is 5.95. The standard InChI is InChI=1S/C15H25N5O2/c1-19-7-8-20(9-13(19)14-16-5-6-17-14)15(21)18-12(10-22-2)11-3-4-11/h5-6,11-13H,3-4,7-10H2,1-2H3,(H,16,17)(H,18,21)/t12-,13+/m0/s1. The minimum atomic E-state index is 0.0126. The van der Waals surface area contributed by atoms with E-state index >= 15 is 0 Å². The molecule has 2 aliphatic rings. The van der Waals surface area contributed by atoms with Crippen LogP contribution in [0.1, 0.15) is 24.7 Å². The second-order valence-electron chi connectivity index (χ2n) is 6.27. The second kappa shape index (κ2) is 6.66. The Kier molecular flexibility index (Phi) is 4.63. The van der Waals surface area contributed by atoms with Crippen LogP contribution in [0.2, 0.25) is 0 Å². The van der Waals surface area contributed by atoms with Gasteiger partial charge in [0.05, 0.1) is 18.7 Å². The highest BCUT2D eigenvalue weighted by atomic mass is 16.5. The van der Waals surface area contributed by atoms with Gasteiger partial charge in [-0.2, -0.15) is 0 Å². The molecule has 0 aromatic carbocycles. The van der Waals surface area contributed by atoms with Crippen LogP contribution in [0, 0.1) is 5.92 Å². The molecule has 2 heterocycles. The van der Waals surface area contributed by atoms with Gasteiger partial charge in [0.1, 0.15) is 5.82 Å². The van der Waals surface area contributed by atoms with Crippen molar-refractivity contribution in [1.29, 1.82) is 0 Å². The summed E-state index contributed by atoms with van der Waals surface area (Å²) in [6, 6.07) is 0.272. The quantitative estimate of drug-likeness (QED) is 0.845. The van der Waals surface area contributed by atoms with Crippen molar-refractivity contribution in [2.24, 2.45) is 5.92 Å². The number of imidazole rings is 1. The first-order valence-electron chi connectivity index (χ1n) is 7.93. The number of amides is 2. The highest BCUT2D eigenvalue weighted by Crippen LogP contribution is 2.33. The van der Waals surface area contributed by atoms with Gasteiger partial charge in [0.15, 0.2) is 0 Å². The van der Waals surface area contributed by atoms with Crippen LogP contribution in [0.15, 0.2) is 12.4 Å². The lowest BCUT2D eigenvalue weighted by molar-refractivity contribution is 0.0987. The second-order valence-corrected chi connectivity index (χ2v) is 6.27. The number of ether oxygens (including phenoxy) is 1. The van der Waals surface area contributed by atoms with Gasteiger partial charge in [-0.3, -0.25) is 4.90 Å². The fourth-order valence-corrected chi connectivity index (χ4v) is 3.04. The summed E-state index contributed by atoms with van der Waals surface area (Å²) in [5, 5.41) is 3.14. The van der Waals surface area contributed by atoms with Crippen LogP contribution in [0.25, 0.3) is 0 Å². The average Bonchev–Trinajstić information content (AvgIpc) is 3.22. The number of carbonyl (C=O) groups excluding carboxylic acids is 1. The number of hydrogen-bond donors (Lipinski definition) is 2. The summed E-state index contributed by atoms with van der Waals surface area (Å²) in [5.41, 5.74) is 0. The molecule has 7 nitrogen and oxygen atoms in total. The van der Waals surface area contributed by atoms with Gasteiger partial charge in [0.25, 0.3) is 0 Å². The molecule has 1 aliphatic carbocycles. The molecule has 122 valence electrons. The van der Waals surface area contributed by atoms with Gasteiger partial charge in [-0.05, 0) is 25.8 Å². The van der Waals surface area contributed by atoms with E-state index in [1.807, 2.05) is 11.1 Å². The van der Waals surface area contributed by atoms with Crippen LogP contribution in [-0.2, 0) is 4.74 Å². The molecule has 22 heavy (non-hydrogen) atoms. The van der Waals surface area contributed by atoms with Gasteiger partial charge >= 0.3 is 6.03 Å². The summed E-state index contributed by atoms with van der Waals surface area (Å²) in [5.74, 6) is 1.49. The molecule has 0 spiro atoms. The van der Waals surface area contributed by atoms with Crippen molar-refractivity contribution >= 4 is 6.03 Å². The Hall–Kier alpha value is -1.60. The van der Waals surface area contributed by atoms with Crippen LogP contribution in [0.3, 0.4) is 0 Å². The third-order valence-electron chi connectivity index (χ3n) is 4.62. The van der Waals surface area contributed by atoms with Gasteiger partial charge < -0.3 is 19.9 Å². The smallest absolute Gasteiger partial charge is 0.317 e. The largest absolute Gasteiger partial charge is 0.383 e. The van der Waals surface area contributed by atoms with E-state index in [2.05, 4.69) is 27.2 Å². The SMILES string of the molecule is COC[C@H](NC(=O)N1CCN(C)[C@@H](c2ncc[nH]2)C1)C1CC1. The van der Waals surface area contributed by atoms with Crippen molar-refractivity contribution < 1.29 is 9.53 Å². The lowest BCUT2D eigenvalue weighted by atomic mass is 10.1. The molecule has 1 aromatic rings. The number of carbonyl (C=O) groups is 1. The zero-order valence-electron chi connectivity index (χ0n) is 13.3. The number of H-pyrrole nitrogens is 1. The lowest BCUT2D eigenvalue weighted by Gasteiger charge is -2.39. The van der Waals surface area contributed by atoms with Crippen LogP contribution in [0.5, 0.6) is 0 Å². The van der Waals surface area contributed by atoms with Crippen molar-refractivity contribution in [2.45, 2.75) is 24.9 Å². The van der Waals surface area contributed by atoms with Gasteiger partial charge in [-0.1, -0.05) is 0 Å². The molecule has 1 saturated carbocycles. The molecule has 7 heteroatoms. The Morgan fingerprint density at radius 3 is 3.00 bits per heavy atom. The molecule has 2 amide bonds. The van der Waals surface area contributed by atoms with E-state index in [0.29, 0.717) is 19.1 Å². The number of piperazine rings is 1. The first-order valence-corrected chi connectivity index (χ1v) is 7.93. The molecular weight excluding hydrogens is 282 g/mol. The summed E-state index contributed by atoms with van der Waals surface area (Å²) < 4.78 is 5.23. The summed E-state index contributed by atoms with van der Waals surface area (Å²) in [7, 11) is 3.75. The Morgan fingerprint density at radius 2 is 2.36 bits per heavy atom. The summed E-state index contributed by atoms with van der Waals surface area (Å²) in [4.78, 5) is 24.2. The zero-order chi connectivity index (χ0) is 15.5. The van der Waals surface area contributed by atoms with E-state index in [1.165, 1.54) is 12.8 Å². The number of urea groups is 1. The number of nitrogens with one attached hydrogen (secondary N) is 2. The maximum atomic E-state index is 12.5. The van der Waals surface area contributed by atoms with Crippen LogP contribution < -0.4 is 5.32 Å².